The van der Waals surface area contributed by atoms with Crippen molar-refractivity contribution in [3.8, 4) is 0 Å². The van der Waals surface area contributed by atoms with Gasteiger partial charge in [0.1, 0.15) is 5.60 Å². The van der Waals surface area contributed by atoms with Gasteiger partial charge in [-0.15, -0.1) is 24.0 Å². The van der Waals surface area contributed by atoms with Gasteiger partial charge in [-0.1, -0.05) is 0 Å². The van der Waals surface area contributed by atoms with Crippen LogP contribution in [0, 0.1) is 0 Å². The second-order valence-electron chi connectivity index (χ2n) is 8.74. The van der Waals surface area contributed by atoms with E-state index in [1.807, 2.05) is 20.8 Å². The van der Waals surface area contributed by atoms with Gasteiger partial charge in [-0.25, -0.2) is 4.79 Å². The minimum atomic E-state index is -0.475. The van der Waals surface area contributed by atoms with E-state index in [9.17, 15) is 4.79 Å². The van der Waals surface area contributed by atoms with Crippen LogP contribution in [0.4, 0.5) is 4.79 Å². The van der Waals surface area contributed by atoms with Gasteiger partial charge in [-0.2, -0.15) is 0 Å². The van der Waals surface area contributed by atoms with Gasteiger partial charge in [0.05, 0.1) is 12.6 Å². The summed E-state index contributed by atoms with van der Waals surface area (Å²) in [4.78, 5) is 21.5. The number of likely N-dealkylation sites (tertiary alicyclic amines) is 1. The third-order valence-corrected chi connectivity index (χ3v) is 4.49. The molecule has 166 valence electrons. The predicted molar refractivity (Wildman–Crippen MR) is 128 cm³/mol. The van der Waals surface area contributed by atoms with Gasteiger partial charge in [-0.05, 0) is 61.8 Å². The molecule has 0 spiro atoms. The summed E-state index contributed by atoms with van der Waals surface area (Å²) in [6, 6.07) is 1.11. The number of alkyl carbamates (subject to hydrolysis) is 1. The average Bonchev–Trinajstić information content (AvgIpc) is 2.95. The summed E-state index contributed by atoms with van der Waals surface area (Å²) in [5, 5.41) is 6.36. The monoisotopic (exact) mass is 511 g/mol. The van der Waals surface area contributed by atoms with Gasteiger partial charge < -0.3 is 20.3 Å². The van der Waals surface area contributed by atoms with Crippen molar-refractivity contribution in [2.45, 2.75) is 85.5 Å². The maximum atomic E-state index is 12.0. The number of carbonyl (C=O) groups is 1. The zero-order valence-corrected chi connectivity index (χ0v) is 21.4. The van der Waals surface area contributed by atoms with Crippen LogP contribution in [-0.4, -0.2) is 78.3 Å². The summed E-state index contributed by atoms with van der Waals surface area (Å²) in [6.07, 6.45) is 0.550. The highest BCUT2D eigenvalue weighted by Gasteiger charge is 2.27. The summed E-state index contributed by atoms with van der Waals surface area (Å²) in [6.45, 7) is 20.8. The molecule has 1 atom stereocenters. The number of halogens is 1. The van der Waals surface area contributed by atoms with Crippen LogP contribution in [0.5, 0.6) is 0 Å². The third-order valence-electron chi connectivity index (χ3n) is 4.49. The molecule has 1 saturated heterocycles. The lowest BCUT2D eigenvalue weighted by atomic mass is 10.2. The summed E-state index contributed by atoms with van der Waals surface area (Å²) < 4.78 is 5.36. The highest BCUT2D eigenvalue weighted by molar-refractivity contribution is 14.0. The molecule has 0 aromatic heterocycles. The average molecular weight is 511 g/mol. The predicted octanol–water partition coefficient (Wildman–Crippen LogP) is 3.29. The Bertz CT molecular complexity index is 483. The van der Waals surface area contributed by atoms with Crippen molar-refractivity contribution in [3.05, 3.63) is 0 Å². The number of carbonyl (C=O) groups excluding carboxylic acids is 1. The van der Waals surface area contributed by atoms with Crippen LogP contribution >= 0.6 is 24.0 Å². The van der Waals surface area contributed by atoms with Gasteiger partial charge >= 0.3 is 6.09 Å². The van der Waals surface area contributed by atoms with Crippen molar-refractivity contribution in [2.24, 2.45) is 4.99 Å². The quantitative estimate of drug-likeness (QED) is 0.312. The van der Waals surface area contributed by atoms with E-state index < -0.39 is 5.60 Å². The second-order valence-corrected chi connectivity index (χ2v) is 8.74. The first-order chi connectivity index (χ1) is 12.5. The van der Waals surface area contributed by atoms with E-state index in [4.69, 9.17) is 9.73 Å². The van der Waals surface area contributed by atoms with Gasteiger partial charge in [0.15, 0.2) is 5.96 Å². The van der Waals surface area contributed by atoms with Crippen molar-refractivity contribution in [1.29, 1.82) is 0 Å². The van der Waals surface area contributed by atoms with Crippen LogP contribution in [0.1, 0.15) is 61.8 Å². The molecule has 1 fully saturated rings. The Hall–Kier alpha value is -0.770. The number of hydrogen-bond donors (Lipinski definition) is 2. The lowest BCUT2D eigenvalue weighted by molar-refractivity contribution is 0.0507. The fourth-order valence-corrected chi connectivity index (χ4v) is 3.35. The molecule has 1 unspecified atom stereocenters. The molecule has 28 heavy (non-hydrogen) atoms. The number of rotatable bonds is 7. The molecule has 7 nitrogen and oxygen atoms in total. The maximum absolute atomic E-state index is 12.0. The Morgan fingerprint density at radius 1 is 1.25 bits per heavy atom. The van der Waals surface area contributed by atoms with Crippen LogP contribution in [-0.2, 0) is 4.74 Å². The van der Waals surface area contributed by atoms with Crippen molar-refractivity contribution >= 4 is 36.0 Å². The normalized spacial score (nSPS) is 17.9. The molecule has 1 aliphatic rings. The first-order valence-corrected chi connectivity index (χ1v) is 10.3. The van der Waals surface area contributed by atoms with Gasteiger partial charge in [-0.3, -0.25) is 9.89 Å². The van der Waals surface area contributed by atoms with Crippen LogP contribution in [0.15, 0.2) is 4.99 Å². The Labute approximate surface area is 189 Å². The standard InChI is InChI=1S/C20H41N5O2.HI/c1-9-21-18(22-11-13-25(15(2)3)16(4)5)24-12-10-17(14-24)23-19(26)27-20(6,7)8;/h15-17H,9-14H2,1-8H3,(H,21,22)(H,23,26);1H. The fourth-order valence-electron chi connectivity index (χ4n) is 3.35. The number of aliphatic imine (C=N–C) groups is 1. The second kappa shape index (κ2) is 12.7. The molecule has 0 aromatic rings. The molecule has 0 aromatic carbocycles. The van der Waals surface area contributed by atoms with Crippen LogP contribution in [0.2, 0.25) is 0 Å². The zero-order chi connectivity index (χ0) is 20.6. The minimum Gasteiger partial charge on any atom is -0.444 e. The molecule has 0 radical (unpaired) electrons. The summed E-state index contributed by atoms with van der Waals surface area (Å²) >= 11 is 0. The topological polar surface area (TPSA) is 69.2 Å². The van der Waals surface area contributed by atoms with Gasteiger partial charge in [0, 0.05) is 38.3 Å². The first kappa shape index (κ1) is 27.2. The number of guanidine groups is 1. The smallest absolute Gasteiger partial charge is 0.407 e. The number of ether oxygens (including phenoxy) is 1. The lowest BCUT2D eigenvalue weighted by Gasteiger charge is -2.30. The highest BCUT2D eigenvalue weighted by atomic mass is 127. The van der Waals surface area contributed by atoms with E-state index in [1.54, 1.807) is 0 Å². The Kier molecular flexibility index (Phi) is 12.4. The molecule has 1 amide bonds. The third kappa shape index (κ3) is 10.1. The van der Waals surface area contributed by atoms with Crippen LogP contribution < -0.4 is 10.6 Å². The molecule has 0 aliphatic carbocycles. The lowest BCUT2D eigenvalue weighted by Crippen LogP contribution is -2.44. The minimum absolute atomic E-state index is 0. The molecular weight excluding hydrogens is 469 g/mol. The Morgan fingerprint density at radius 3 is 2.36 bits per heavy atom. The van der Waals surface area contributed by atoms with E-state index >= 15 is 0 Å². The van der Waals surface area contributed by atoms with E-state index in [0.717, 1.165) is 45.1 Å². The van der Waals surface area contributed by atoms with Gasteiger partial charge in [0.2, 0.25) is 0 Å². The molecule has 0 bridgehead atoms. The molecular formula is C20H42IN5O2. The van der Waals surface area contributed by atoms with Gasteiger partial charge in [0.25, 0.3) is 0 Å². The summed E-state index contributed by atoms with van der Waals surface area (Å²) in [5.41, 5.74) is -0.475. The van der Waals surface area contributed by atoms with Crippen LogP contribution in [0.3, 0.4) is 0 Å². The first-order valence-electron chi connectivity index (χ1n) is 10.3. The maximum Gasteiger partial charge on any atom is 0.407 e. The fraction of sp³-hybridized carbons (Fsp3) is 0.900. The number of nitrogens with zero attached hydrogens (tertiary/aromatic N) is 3. The molecule has 8 heteroatoms. The van der Waals surface area contributed by atoms with E-state index in [-0.39, 0.29) is 36.1 Å². The number of hydrogen-bond acceptors (Lipinski definition) is 4. The largest absolute Gasteiger partial charge is 0.444 e. The number of amides is 1. The summed E-state index contributed by atoms with van der Waals surface area (Å²) in [7, 11) is 0. The Balaban J connectivity index is 0.00000729. The van der Waals surface area contributed by atoms with Crippen molar-refractivity contribution < 1.29 is 9.53 Å². The molecule has 1 aliphatic heterocycles. The zero-order valence-electron chi connectivity index (χ0n) is 19.0. The van der Waals surface area contributed by atoms with Crippen molar-refractivity contribution in [2.75, 3.05) is 32.7 Å². The molecule has 2 N–H and O–H groups in total. The van der Waals surface area contributed by atoms with Crippen molar-refractivity contribution in [1.82, 2.24) is 20.4 Å². The van der Waals surface area contributed by atoms with E-state index in [1.165, 1.54) is 0 Å². The van der Waals surface area contributed by atoms with Crippen molar-refractivity contribution in [3.63, 3.8) is 0 Å². The van der Waals surface area contributed by atoms with E-state index in [0.29, 0.717) is 12.1 Å². The molecule has 0 saturated carbocycles. The number of nitrogens with one attached hydrogen (secondary N) is 2. The summed E-state index contributed by atoms with van der Waals surface area (Å²) in [5.74, 6) is 0.929. The van der Waals surface area contributed by atoms with E-state index in [2.05, 4.69) is 55.1 Å². The molecule has 1 heterocycles. The highest BCUT2D eigenvalue weighted by Crippen LogP contribution is 2.12. The molecule has 1 rings (SSSR count). The van der Waals surface area contributed by atoms with Crippen LogP contribution in [0.25, 0.3) is 0 Å². The Morgan fingerprint density at radius 2 is 1.86 bits per heavy atom. The SMILES string of the molecule is CCNC(=NCCN(C(C)C)C(C)C)N1CCC(NC(=O)OC(C)(C)C)C1.I.